The highest BCUT2D eigenvalue weighted by Crippen LogP contribution is 2.30. The molecule has 0 saturated heterocycles. The third-order valence-corrected chi connectivity index (χ3v) is 3.26. The Labute approximate surface area is 121 Å². The van der Waals surface area contributed by atoms with Gasteiger partial charge in [0.2, 0.25) is 0 Å². The molecule has 2 aromatic carbocycles. The molecule has 2 rings (SSSR count). The summed E-state index contributed by atoms with van der Waals surface area (Å²) in [6, 6.07) is 21.1. The predicted octanol–water partition coefficient (Wildman–Crippen LogP) is 5.64. The van der Waals surface area contributed by atoms with E-state index in [0.717, 1.165) is 12.8 Å². The van der Waals surface area contributed by atoms with Crippen molar-refractivity contribution in [2.45, 2.75) is 12.8 Å². The zero-order valence-corrected chi connectivity index (χ0v) is 11.8. The van der Waals surface area contributed by atoms with Crippen LogP contribution in [0.15, 0.2) is 91.5 Å². The molecule has 0 N–H and O–H groups in total. The molecule has 0 bridgehead atoms. The molecule has 2 aromatic rings. The largest absolute Gasteiger partial charge is 0.103 e. The molecule has 0 radical (unpaired) electrons. The first-order chi connectivity index (χ1) is 9.86. The summed E-state index contributed by atoms with van der Waals surface area (Å²) < 4.78 is 0. The average Bonchev–Trinajstić information content (AvgIpc) is 2.50. The van der Waals surface area contributed by atoms with Gasteiger partial charge >= 0.3 is 0 Å². The van der Waals surface area contributed by atoms with Gasteiger partial charge in [-0.1, -0.05) is 78.4 Å². The van der Waals surface area contributed by atoms with Crippen LogP contribution in [0.5, 0.6) is 0 Å². The zero-order valence-electron chi connectivity index (χ0n) is 11.8. The fourth-order valence-corrected chi connectivity index (χ4v) is 2.42. The summed E-state index contributed by atoms with van der Waals surface area (Å²) in [6.07, 6.45) is 5.69. The fraction of sp³-hybridized carbons (Fsp3) is 0.100. The van der Waals surface area contributed by atoms with Crippen LogP contribution in [0.3, 0.4) is 0 Å². The van der Waals surface area contributed by atoms with Crippen LogP contribution >= 0.6 is 0 Å². The van der Waals surface area contributed by atoms with Gasteiger partial charge in [-0.25, -0.2) is 0 Å². The standard InChI is InChI=1S/C20H20/c1-3-11-17(12-4-2)20(18-13-7-5-8-14-18)19-15-9-6-10-16-19/h3-10,13-16H,1-2,11-12H2. The summed E-state index contributed by atoms with van der Waals surface area (Å²) in [4.78, 5) is 0. The molecular formula is C20H20. The molecule has 0 aromatic heterocycles. The smallest absolute Gasteiger partial charge is 0.0113 e. The Bertz CT molecular complexity index is 535. The lowest BCUT2D eigenvalue weighted by atomic mass is 9.90. The third-order valence-electron chi connectivity index (χ3n) is 3.26. The maximum Gasteiger partial charge on any atom is -0.0113 e. The number of hydrogen-bond acceptors (Lipinski definition) is 0. The Balaban J connectivity index is 2.62. The first-order valence-electron chi connectivity index (χ1n) is 6.91. The van der Waals surface area contributed by atoms with Crippen LogP contribution in [0, 0.1) is 0 Å². The summed E-state index contributed by atoms with van der Waals surface area (Å²) in [6.45, 7) is 7.77. The summed E-state index contributed by atoms with van der Waals surface area (Å²) in [7, 11) is 0. The van der Waals surface area contributed by atoms with E-state index >= 15 is 0 Å². The van der Waals surface area contributed by atoms with Crippen molar-refractivity contribution < 1.29 is 0 Å². The Hall–Kier alpha value is -2.34. The SMILES string of the molecule is C=CCC(CC=C)=C(c1ccccc1)c1ccccc1. The van der Waals surface area contributed by atoms with Crippen LogP contribution < -0.4 is 0 Å². The maximum absolute atomic E-state index is 3.88. The molecule has 0 aliphatic heterocycles. The second-order valence-corrected chi connectivity index (χ2v) is 4.70. The van der Waals surface area contributed by atoms with Gasteiger partial charge in [-0.2, -0.15) is 0 Å². The maximum atomic E-state index is 3.88. The Kier molecular flexibility index (Phi) is 5.14. The van der Waals surface area contributed by atoms with Crippen LogP contribution in [0.4, 0.5) is 0 Å². The average molecular weight is 260 g/mol. The van der Waals surface area contributed by atoms with E-state index in [1.807, 2.05) is 24.3 Å². The third kappa shape index (κ3) is 3.36. The van der Waals surface area contributed by atoms with E-state index in [1.165, 1.54) is 22.3 Å². The molecule has 0 atom stereocenters. The molecule has 0 spiro atoms. The quantitative estimate of drug-likeness (QED) is 0.589. The topological polar surface area (TPSA) is 0 Å². The lowest BCUT2D eigenvalue weighted by Gasteiger charge is -2.14. The van der Waals surface area contributed by atoms with Crippen molar-refractivity contribution in [3.63, 3.8) is 0 Å². The first-order valence-corrected chi connectivity index (χ1v) is 6.91. The number of allylic oxidation sites excluding steroid dienone is 3. The van der Waals surface area contributed by atoms with Gasteiger partial charge in [0.15, 0.2) is 0 Å². The molecule has 20 heavy (non-hydrogen) atoms. The molecule has 0 saturated carbocycles. The van der Waals surface area contributed by atoms with Crippen molar-refractivity contribution in [1.82, 2.24) is 0 Å². The molecule has 0 unspecified atom stereocenters. The van der Waals surface area contributed by atoms with Crippen molar-refractivity contribution in [3.8, 4) is 0 Å². The number of hydrogen-bond donors (Lipinski definition) is 0. The van der Waals surface area contributed by atoms with E-state index in [1.54, 1.807) is 0 Å². The normalized spacial score (nSPS) is 9.80. The van der Waals surface area contributed by atoms with E-state index in [4.69, 9.17) is 0 Å². The van der Waals surface area contributed by atoms with Gasteiger partial charge in [-0.05, 0) is 29.5 Å². The van der Waals surface area contributed by atoms with Gasteiger partial charge in [0, 0.05) is 0 Å². The van der Waals surface area contributed by atoms with Crippen LogP contribution in [0.2, 0.25) is 0 Å². The highest BCUT2D eigenvalue weighted by atomic mass is 14.1. The van der Waals surface area contributed by atoms with Gasteiger partial charge < -0.3 is 0 Å². The van der Waals surface area contributed by atoms with Gasteiger partial charge in [0.05, 0.1) is 0 Å². The highest BCUT2D eigenvalue weighted by molar-refractivity contribution is 5.82. The summed E-state index contributed by atoms with van der Waals surface area (Å²) in [5.41, 5.74) is 5.15. The summed E-state index contributed by atoms with van der Waals surface area (Å²) in [5, 5.41) is 0. The van der Waals surface area contributed by atoms with E-state index in [9.17, 15) is 0 Å². The minimum absolute atomic E-state index is 0.880. The molecule has 100 valence electrons. The van der Waals surface area contributed by atoms with Crippen molar-refractivity contribution in [1.29, 1.82) is 0 Å². The lowest BCUT2D eigenvalue weighted by molar-refractivity contribution is 1.12. The lowest BCUT2D eigenvalue weighted by Crippen LogP contribution is -1.94. The van der Waals surface area contributed by atoms with Crippen LogP contribution in [-0.2, 0) is 0 Å². The van der Waals surface area contributed by atoms with E-state index in [-0.39, 0.29) is 0 Å². The molecule has 0 fully saturated rings. The van der Waals surface area contributed by atoms with Crippen LogP contribution in [0.1, 0.15) is 24.0 Å². The molecule has 0 nitrogen and oxygen atoms in total. The molecule has 0 aliphatic carbocycles. The van der Waals surface area contributed by atoms with Gasteiger partial charge in [-0.15, -0.1) is 13.2 Å². The Morgan fingerprint density at radius 2 is 1.10 bits per heavy atom. The van der Waals surface area contributed by atoms with Crippen LogP contribution in [-0.4, -0.2) is 0 Å². The number of benzene rings is 2. The fourth-order valence-electron chi connectivity index (χ4n) is 2.42. The summed E-state index contributed by atoms with van der Waals surface area (Å²) in [5.74, 6) is 0. The van der Waals surface area contributed by atoms with Crippen molar-refractivity contribution in [2.24, 2.45) is 0 Å². The molecule has 0 amide bonds. The minimum Gasteiger partial charge on any atom is -0.103 e. The molecular weight excluding hydrogens is 240 g/mol. The predicted molar refractivity (Wildman–Crippen MR) is 88.5 cm³/mol. The molecule has 0 heteroatoms. The second kappa shape index (κ2) is 7.30. The molecule has 0 heterocycles. The van der Waals surface area contributed by atoms with Crippen molar-refractivity contribution in [2.75, 3.05) is 0 Å². The zero-order chi connectivity index (χ0) is 14.2. The van der Waals surface area contributed by atoms with Gasteiger partial charge in [-0.3, -0.25) is 0 Å². The first kappa shape index (κ1) is 14.1. The van der Waals surface area contributed by atoms with E-state index < -0.39 is 0 Å². The van der Waals surface area contributed by atoms with E-state index in [0.29, 0.717) is 0 Å². The Morgan fingerprint density at radius 1 is 0.700 bits per heavy atom. The highest BCUT2D eigenvalue weighted by Gasteiger charge is 2.09. The van der Waals surface area contributed by atoms with Crippen LogP contribution in [0.25, 0.3) is 5.57 Å². The second-order valence-electron chi connectivity index (χ2n) is 4.70. The minimum atomic E-state index is 0.880. The van der Waals surface area contributed by atoms with Gasteiger partial charge in [0.1, 0.15) is 0 Å². The van der Waals surface area contributed by atoms with Crippen molar-refractivity contribution >= 4 is 5.57 Å². The van der Waals surface area contributed by atoms with Crippen molar-refractivity contribution in [3.05, 3.63) is 103 Å². The summed E-state index contributed by atoms with van der Waals surface area (Å²) >= 11 is 0. The Morgan fingerprint density at radius 3 is 1.45 bits per heavy atom. The number of rotatable bonds is 6. The van der Waals surface area contributed by atoms with E-state index in [2.05, 4.69) is 61.7 Å². The monoisotopic (exact) mass is 260 g/mol. The molecule has 0 aliphatic rings. The van der Waals surface area contributed by atoms with Gasteiger partial charge in [0.25, 0.3) is 0 Å².